The molecule has 0 atom stereocenters. The van der Waals surface area contributed by atoms with Gasteiger partial charge in [-0.3, -0.25) is 9.97 Å². The van der Waals surface area contributed by atoms with E-state index in [1.165, 1.54) is 0 Å². The molecule has 3 aromatic heterocycles. The number of fused-ring (bicyclic) bond motifs is 1. The minimum atomic E-state index is 0.760. The SMILES string of the molecule is Brc1ccc(-c2nc3ccncc3[nH]2)nc1. The molecule has 3 heterocycles. The Hall–Kier alpha value is -1.75. The van der Waals surface area contributed by atoms with Crippen LogP contribution in [0.3, 0.4) is 0 Å². The number of nitrogens with zero attached hydrogens (tertiary/aromatic N) is 3. The summed E-state index contributed by atoms with van der Waals surface area (Å²) in [5.41, 5.74) is 2.64. The third kappa shape index (κ3) is 1.59. The highest BCUT2D eigenvalue weighted by atomic mass is 79.9. The molecule has 0 bridgehead atoms. The summed E-state index contributed by atoms with van der Waals surface area (Å²) in [5, 5.41) is 0. The fourth-order valence-electron chi connectivity index (χ4n) is 1.49. The van der Waals surface area contributed by atoms with Crippen molar-refractivity contribution in [3.8, 4) is 11.5 Å². The van der Waals surface area contributed by atoms with Crippen LogP contribution in [0, 0.1) is 0 Å². The normalized spacial score (nSPS) is 10.8. The first-order chi connectivity index (χ1) is 7.83. The highest BCUT2D eigenvalue weighted by Gasteiger charge is 2.05. The number of hydrogen-bond donors (Lipinski definition) is 1. The number of H-pyrrole nitrogens is 1. The monoisotopic (exact) mass is 274 g/mol. The van der Waals surface area contributed by atoms with E-state index in [2.05, 4.69) is 35.9 Å². The van der Waals surface area contributed by atoms with Gasteiger partial charge in [-0.05, 0) is 34.1 Å². The maximum absolute atomic E-state index is 4.44. The van der Waals surface area contributed by atoms with Crippen molar-refractivity contribution in [2.45, 2.75) is 0 Å². The fourth-order valence-corrected chi connectivity index (χ4v) is 1.73. The van der Waals surface area contributed by atoms with E-state index in [9.17, 15) is 0 Å². The summed E-state index contributed by atoms with van der Waals surface area (Å²) in [4.78, 5) is 15.9. The molecule has 0 amide bonds. The maximum atomic E-state index is 4.44. The first kappa shape index (κ1) is 9.47. The van der Waals surface area contributed by atoms with Gasteiger partial charge in [0.05, 0.1) is 17.2 Å². The molecule has 0 aliphatic carbocycles. The number of nitrogens with one attached hydrogen (secondary N) is 1. The number of aromatic amines is 1. The molecular formula is C11H7BrN4. The zero-order valence-corrected chi connectivity index (χ0v) is 9.77. The maximum Gasteiger partial charge on any atom is 0.157 e. The molecule has 0 spiro atoms. The van der Waals surface area contributed by atoms with Gasteiger partial charge < -0.3 is 4.98 Å². The third-order valence-corrected chi connectivity index (χ3v) is 2.72. The molecule has 4 nitrogen and oxygen atoms in total. The van der Waals surface area contributed by atoms with Crippen LogP contribution < -0.4 is 0 Å². The molecule has 0 aliphatic rings. The molecule has 1 N–H and O–H groups in total. The first-order valence-electron chi connectivity index (χ1n) is 4.74. The van der Waals surface area contributed by atoms with Gasteiger partial charge in [0.1, 0.15) is 5.69 Å². The largest absolute Gasteiger partial charge is 0.335 e. The van der Waals surface area contributed by atoms with Crippen molar-refractivity contribution in [1.82, 2.24) is 19.9 Å². The van der Waals surface area contributed by atoms with Gasteiger partial charge in [-0.1, -0.05) is 0 Å². The minimum absolute atomic E-state index is 0.760. The standard InChI is InChI=1S/C11H7BrN4/c12-7-1-2-9(14-5-7)11-15-8-3-4-13-6-10(8)16-11/h1-6H,(H,15,16). The van der Waals surface area contributed by atoms with Crippen molar-refractivity contribution < 1.29 is 0 Å². The second-order valence-electron chi connectivity index (χ2n) is 3.34. The highest BCUT2D eigenvalue weighted by molar-refractivity contribution is 9.10. The third-order valence-electron chi connectivity index (χ3n) is 2.25. The number of aromatic nitrogens is 4. The lowest BCUT2D eigenvalue weighted by atomic mass is 10.3. The second-order valence-corrected chi connectivity index (χ2v) is 4.26. The number of imidazole rings is 1. The van der Waals surface area contributed by atoms with Crippen LogP contribution in [0.1, 0.15) is 0 Å². The van der Waals surface area contributed by atoms with Crippen molar-refractivity contribution in [2.24, 2.45) is 0 Å². The number of rotatable bonds is 1. The predicted octanol–water partition coefficient (Wildman–Crippen LogP) is 2.78. The molecule has 5 heteroatoms. The van der Waals surface area contributed by atoms with Crippen LogP contribution in [0.25, 0.3) is 22.6 Å². The van der Waals surface area contributed by atoms with E-state index in [0.29, 0.717) is 0 Å². The second kappa shape index (κ2) is 3.68. The molecule has 78 valence electrons. The van der Waals surface area contributed by atoms with E-state index in [-0.39, 0.29) is 0 Å². The van der Waals surface area contributed by atoms with Gasteiger partial charge in [0.2, 0.25) is 0 Å². The van der Waals surface area contributed by atoms with Crippen LogP contribution in [0.4, 0.5) is 0 Å². The molecule has 0 saturated heterocycles. The Bertz CT molecular complexity index is 597. The molecule has 0 aromatic carbocycles. The Morgan fingerprint density at radius 2 is 2.06 bits per heavy atom. The molecule has 0 aliphatic heterocycles. The van der Waals surface area contributed by atoms with Gasteiger partial charge in [-0.15, -0.1) is 0 Å². The molecule has 0 radical (unpaired) electrons. The van der Waals surface area contributed by atoms with E-state index in [4.69, 9.17) is 0 Å². The van der Waals surface area contributed by atoms with Crippen LogP contribution in [-0.2, 0) is 0 Å². The number of pyridine rings is 2. The smallest absolute Gasteiger partial charge is 0.157 e. The minimum Gasteiger partial charge on any atom is -0.335 e. The summed E-state index contributed by atoms with van der Waals surface area (Å²) in [5.74, 6) is 0.760. The summed E-state index contributed by atoms with van der Waals surface area (Å²) in [7, 11) is 0. The molecule has 0 fully saturated rings. The van der Waals surface area contributed by atoms with Crippen LogP contribution in [-0.4, -0.2) is 19.9 Å². The highest BCUT2D eigenvalue weighted by Crippen LogP contribution is 2.19. The lowest BCUT2D eigenvalue weighted by Gasteiger charge is -1.94. The van der Waals surface area contributed by atoms with Crippen LogP contribution >= 0.6 is 15.9 Å². The lowest BCUT2D eigenvalue weighted by molar-refractivity contribution is 1.23. The summed E-state index contributed by atoms with van der Waals surface area (Å²) < 4.78 is 0.953. The molecule has 3 rings (SSSR count). The van der Waals surface area contributed by atoms with Crippen molar-refractivity contribution in [3.63, 3.8) is 0 Å². The van der Waals surface area contributed by atoms with Crippen LogP contribution in [0.2, 0.25) is 0 Å². The van der Waals surface area contributed by atoms with Gasteiger partial charge in [0, 0.05) is 16.9 Å². The quantitative estimate of drug-likeness (QED) is 0.743. The Labute approximate surface area is 99.9 Å². The van der Waals surface area contributed by atoms with E-state index in [0.717, 1.165) is 27.0 Å². The van der Waals surface area contributed by atoms with Gasteiger partial charge in [0.25, 0.3) is 0 Å². The van der Waals surface area contributed by atoms with E-state index in [1.54, 1.807) is 18.6 Å². The van der Waals surface area contributed by atoms with Gasteiger partial charge in [-0.25, -0.2) is 4.98 Å². The van der Waals surface area contributed by atoms with Crippen molar-refractivity contribution in [3.05, 3.63) is 41.3 Å². The van der Waals surface area contributed by atoms with Crippen molar-refractivity contribution >= 4 is 27.0 Å². The van der Waals surface area contributed by atoms with Gasteiger partial charge >= 0.3 is 0 Å². The van der Waals surface area contributed by atoms with Crippen molar-refractivity contribution in [1.29, 1.82) is 0 Å². The van der Waals surface area contributed by atoms with Gasteiger partial charge in [-0.2, -0.15) is 0 Å². The van der Waals surface area contributed by atoms with Crippen LogP contribution in [0.15, 0.2) is 41.3 Å². The zero-order valence-electron chi connectivity index (χ0n) is 8.18. The topological polar surface area (TPSA) is 54.5 Å². The first-order valence-corrected chi connectivity index (χ1v) is 5.54. The Balaban J connectivity index is 2.15. The average molecular weight is 275 g/mol. The Morgan fingerprint density at radius 1 is 1.12 bits per heavy atom. The summed E-state index contributed by atoms with van der Waals surface area (Å²) in [6.45, 7) is 0. The van der Waals surface area contributed by atoms with Gasteiger partial charge in [0.15, 0.2) is 5.82 Å². The molecule has 0 unspecified atom stereocenters. The zero-order chi connectivity index (χ0) is 11.0. The number of hydrogen-bond acceptors (Lipinski definition) is 3. The van der Waals surface area contributed by atoms with E-state index < -0.39 is 0 Å². The van der Waals surface area contributed by atoms with E-state index in [1.807, 2.05) is 18.2 Å². The summed E-state index contributed by atoms with van der Waals surface area (Å²) in [6, 6.07) is 5.72. The van der Waals surface area contributed by atoms with Crippen molar-refractivity contribution in [2.75, 3.05) is 0 Å². The average Bonchev–Trinajstić information content (AvgIpc) is 2.73. The van der Waals surface area contributed by atoms with E-state index >= 15 is 0 Å². The Morgan fingerprint density at radius 3 is 2.81 bits per heavy atom. The molecular weight excluding hydrogens is 268 g/mol. The molecule has 3 aromatic rings. The number of halogens is 1. The molecule has 0 saturated carbocycles. The summed E-state index contributed by atoms with van der Waals surface area (Å²) in [6.07, 6.45) is 5.23. The fraction of sp³-hybridized carbons (Fsp3) is 0. The Kier molecular flexibility index (Phi) is 2.18. The summed E-state index contributed by atoms with van der Waals surface area (Å²) >= 11 is 3.35. The predicted molar refractivity (Wildman–Crippen MR) is 64.8 cm³/mol. The molecule has 16 heavy (non-hydrogen) atoms. The lowest BCUT2D eigenvalue weighted by Crippen LogP contribution is -1.84. The van der Waals surface area contributed by atoms with Crippen LogP contribution in [0.5, 0.6) is 0 Å².